The normalized spacial score (nSPS) is 12.6. The van der Waals surface area contributed by atoms with Crippen LogP contribution in [0.3, 0.4) is 0 Å². The molecule has 0 bridgehead atoms. The second kappa shape index (κ2) is 6.14. The third-order valence-corrected chi connectivity index (χ3v) is 6.21. The van der Waals surface area contributed by atoms with Crippen LogP contribution in [0.1, 0.15) is 30.5 Å². The molecule has 0 aliphatic rings. The van der Waals surface area contributed by atoms with Crippen LogP contribution < -0.4 is 5.32 Å². The molecule has 0 saturated carbocycles. The molecule has 4 nitrogen and oxygen atoms in total. The maximum atomic E-state index is 12.6. The molecule has 6 heteroatoms. The molecule has 18 heavy (non-hydrogen) atoms. The standard InChI is InChI=1S/C12H22N2O2S2/c1-6-14(9(2)3)18(15,16)12-7-11(8-13-5)17-10(12)4/h7,9,13H,6,8H2,1-5H3. The third kappa shape index (κ3) is 3.12. The molecule has 0 spiro atoms. The van der Waals surface area contributed by atoms with Crippen molar-refractivity contribution >= 4 is 21.4 Å². The molecule has 1 aromatic heterocycles. The predicted molar refractivity (Wildman–Crippen MR) is 76.5 cm³/mol. The lowest BCUT2D eigenvalue weighted by Crippen LogP contribution is -2.36. The summed E-state index contributed by atoms with van der Waals surface area (Å²) in [6.45, 7) is 8.73. The van der Waals surface area contributed by atoms with Gasteiger partial charge >= 0.3 is 0 Å². The molecule has 1 rings (SSSR count). The van der Waals surface area contributed by atoms with Gasteiger partial charge in [-0.1, -0.05) is 6.92 Å². The molecular weight excluding hydrogens is 268 g/mol. The van der Waals surface area contributed by atoms with Crippen molar-refractivity contribution in [3.05, 3.63) is 15.8 Å². The van der Waals surface area contributed by atoms with Gasteiger partial charge in [0.15, 0.2) is 0 Å². The van der Waals surface area contributed by atoms with Gasteiger partial charge in [-0.15, -0.1) is 11.3 Å². The van der Waals surface area contributed by atoms with E-state index in [0.717, 1.165) is 9.75 Å². The second-order valence-electron chi connectivity index (χ2n) is 4.47. The predicted octanol–water partition coefficient (Wildman–Crippen LogP) is 2.19. The van der Waals surface area contributed by atoms with Gasteiger partial charge in [0.1, 0.15) is 0 Å². The largest absolute Gasteiger partial charge is 0.315 e. The van der Waals surface area contributed by atoms with Gasteiger partial charge in [0.05, 0.1) is 4.90 Å². The molecule has 0 amide bonds. The maximum absolute atomic E-state index is 12.6. The Morgan fingerprint density at radius 2 is 2.06 bits per heavy atom. The van der Waals surface area contributed by atoms with E-state index in [1.165, 1.54) is 15.6 Å². The molecule has 1 N–H and O–H groups in total. The van der Waals surface area contributed by atoms with Crippen molar-refractivity contribution in [2.75, 3.05) is 13.6 Å². The summed E-state index contributed by atoms with van der Waals surface area (Å²) in [6, 6.07) is 1.77. The topological polar surface area (TPSA) is 49.4 Å². The molecule has 0 fully saturated rings. The van der Waals surface area contributed by atoms with Crippen LogP contribution in [-0.2, 0) is 16.6 Å². The molecule has 104 valence electrons. The quantitative estimate of drug-likeness (QED) is 0.874. The van der Waals surface area contributed by atoms with Crippen molar-refractivity contribution < 1.29 is 8.42 Å². The van der Waals surface area contributed by atoms with Crippen LogP contribution in [0.4, 0.5) is 0 Å². The summed E-state index contributed by atoms with van der Waals surface area (Å²) in [5.74, 6) is 0. The summed E-state index contributed by atoms with van der Waals surface area (Å²) in [4.78, 5) is 2.36. The van der Waals surface area contributed by atoms with Gasteiger partial charge in [-0.25, -0.2) is 8.42 Å². The van der Waals surface area contributed by atoms with E-state index in [2.05, 4.69) is 5.32 Å². The molecule has 0 atom stereocenters. The van der Waals surface area contributed by atoms with E-state index in [1.54, 1.807) is 6.07 Å². The SMILES string of the molecule is CCN(C(C)C)S(=O)(=O)c1cc(CNC)sc1C. The molecule has 1 heterocycles. The van der Waals surface area contributed by atoms with E-state index in [-0.39, 0.29) is 6.04 Å². The lowest BCUT2D eigenvalue weighted by atomic mass is 10.4. The Bertz CT molecular complexity index is 492. The van der Waals surface area contributed by atoms with Crippen LogP contribution >= 0.6 is 11.3 Å². The highest BCUT2D eigenvalue weighted by molar-refractivity contribution is 7.89. The van der Waals surface area contributed by atoms with Gasteiger partial charge in [-0.2, -0.15) is 4.31 Å². The smallest absolute Gasteiger partial charge is 0.244 e. The number of rotatable bonds is 6. The fourth-order valence-corrected chi connectivity index (χ4v) is 5.24. The molecular formula is C12H22N2O2S2. The van der Waals surface area contributed by atoms with Crippen molar-refractivity contribution in [3.8, 4) is 0 Å². The fraction of sp³-hybridized carbons (Fsp3) is 0.667. The zero-order valence-corrected chi connectivity index (χ0v) is 13.3. The van der Waals surface area contributed by atoms with Crippen molar-refractivity contribution in [1.82, 2.24) is 9.62 Å². The maximum Gasteiger partial charge on any atom is 0.244 e. The van der Waals surface area contributed by atoms with Crippen molar-refractivity contribution in [2.24, 2.45) is 0 Å². The van der Waals surface area contributed by atoms with Crippen molar-refractivity contribution in [2.45, 2.75) is 45.2 Å². The molecule has 0 unspecified atom stereocenters. The van der Waals surface area contributed by atoms with E-state index in [9.17, 15) is 8.42 Å². The summed E-state index contributed by atoms with van der Waals surface area (Å²) in [5, 5.41) is 3.04. The van der Waals surface area contributed by atoms with E-state index in [1.807, 2.05) is 34.7 Å². The summed E-state index contributed by atoms with van der Waals surface area (Å²) in [7, 11) is -1.51. The first kappa shape index (κ1) is 15.6. The molecule has 0 radical (unpaired) electrons. The number of hydrogen-bond acceptors (Lipinski definition) is 4. The van der Waals surface area contributed by atoms with Gasteiger partial charge < -0.3 is 5.32 Å². The molecule has 0 aliphatic heterocycles. The Morgan fingerprint density at radius 1 is 1.44 bits per heavy atom. The van der Waals surface area contributed by atoms with Gasteiger partial charge in [-0.05, 0) is 33.9 Å². The highest BCUT2D eigenvalue weighted by atomic mass is 32.2. The molecule has 0 aliphatic carbocycles. The van der Waals surface area contributed by atoms with Crippen LogP contribution in [0.2, 0.25) is 0 Å². The zero-order valence-electron chi connectivity index (χ0n) is 11.6. The Hall–Kier alpha value is -0.430. The Labute approximate surface area is 114 Å². The van der Waals surface area contributed by atoms with Gasteiger partial charge in [0, 0.05) is 28.9 Å². The Morgan fingerprint density at radius 3 is 2.50 bits per heavy atom. The fourth-order valence-electron chi connectivity index (χ4n) is 1.98. The van der Waals surface area contributed by atoms with Crippen molar-refractivity contribution in [3.63, 3.8) is 0 Å². The minimum absolute atomic E-state index is 0.0212. The first-order chi connectivity index (χ1) is 8.34. The molecule has 0 saturated heterocycles. The molecule has 1 aromatic rings. The minimum Gasteiger partial charge on any atom is -0.315 e. The lowest BCUT2D eigenvalue weighted by molar-refractivity contribution is 0.369. The average Bonchev–Trinajstić information content (AvgIpc) is 2.60. The number of hydrogen-bond donors (Lipinski definition) is 1. The number of nitrogens with one attached hydrogen (secondary N) is 1. The van der Waals surface area contributed by atoms with Crippen LogP contribution in [-0.4, -0.2) is 32.4 Å². The third-order valence-electron chi connectivity index (χ3n) is 2.75. The minimum atomic E-state index is -3.36. The van der Waals surface area contributed by atoms with E-state index in [0.29, 0.717) is 18.0 Å². The first-order valence-electron chi connectivity index (χ1n) is 6.10. The number of nitrogens with zero attached hydrogens (tertiary/aromatic N) is 1. The first-order valence-corrected chi connectivity index (χ1v) is 8.36. The highest BCUT2D eigenvalue weighted by Crippen LogP contribution is 2.29. The number of thiophene rings is 1. The Kier molecular flexibility index (Phi) is 5.33. The van der Waals surface area contributed by atoms with Crippen molar-refractivity contribution in [1.29, 1.82) is 0 Å². The average molecular weight is 290 g/mol. The monoisotopic (exact) mass is 290 g/mol. The van der Waals surface area contributed by atoms with E-state index < -0.39 is 10.0 Å². The Balaban J connectivity index is 3.19. The highest BCUT2D eigenvalue weighted by Gasteiger charge is 2.28. The summed E-state index contributed by atoms with van der Waals surface area (Å²) >= 11 is 1.54. The number of sulfonamides is 1. The summed E-state index contributed by atoms with van der Waals surface area (Å²) in [6.07, 6.45) is 0. The van der Waals surface area contributed by atoms with E-state index in [4.69, 9.17) is 0 Å². The lowest BCUT2D eigenvalue weighted by Gasteiger charge is -2.24. The molecule has 0 aromatic carbocycles. The number of aryl methyl sites for hydroxylation is 1. The van der Waals surface area contributed by atoms with Gasteiger partial charge in [-0.3, -0.25) is 0 Å². The van der Waals surface area contributed by atoms with Crippen LogP contribution in [0, 0.1) is 6.92 Å². The zero-order chi connectivity index (χ0) is 13.9. The van der Waals surface area contributed by atoms with Crippen LogP contribution in [0.5, 0.6) is 0 Å². The summed E-state index contributed by atoms with van der Waals surface area (Å²) in [5.41, 5.74) is 0. The van der Waals surface area contributed by atoms with Gasteiger partial charge in [0.2, 0.25) is 10.0 Å². The van der Waals surface area contributed by atoms with E-state index >= 15 is 0 Å². The second-order valence-corrected chi connectivity index (χ2v) is 7.67. The summed E-state index contributed by atoms with van der Waals surface area (Å²) < 4.78 is 26.6. The van der Waals surface area contributed by atoms with Gasteiger partial charge in [0.25, 0.3) is 0 Å². The van der Waals surface area contributed by atoms with Crippen LogP contribution in [0.25, 0.3) is 0 Å². The van der Waals surface area contributed by atoms with Crippen LogP contribution in [0.15, 0.2) is 11.0 Å².